The minimum Gasteiger partial charge on any atom is -0.396 e. The summed E-state index contributed by atoms with van der Waals surface area (Å²) < 4.78 is 0. The zero-order valence-corrected chi connectivity index (χ0v) is 12.9. The molecule has 21 heavy (non-hydrogen) atoms. The van der Waals surface area contributed by atoms with Gasteiger partial charge in [0.1, 0.15) is 0 Å². The molecule has 2 aromatic rings. The molecule has 0 amide bonds. The molecule has 0 aromatic heterocycles. The predicted molar refractivity (Wildman–Crippen MR) is 89.2 cm³/mol. The van der Waals surface area contributed by atoms with Crippen LogP contribution in [-0.4, -0.2) is 18.3 Å². The number of benzene rings is 2. The highest BCUT2D eigenvalue weighted by Crippen LogP contribution is 2.21. The summed E-state index contributed by atoms with van der Waals surface area (Å²) in [5.41, 5.74) is 3.80. The first-order valence-corrected chi connectivity index (χ1v) is 7.70. The molecule has 2 rings (SSSR count). The largest absolute Gasteiger partial charge is 0.396 e. The summed E-state index contributed by atoms with van der Waals surface area (Å²) in [6.07, 6.45) is 0.854. The van der Waals surface area contributed by atoms with E-state index in [9.17, 15) is 0 Å². The van der Waals surface area contributed by atoms with E-state index in [1.807, 2.05) is 6.07 Å². The minimum absolute atomic E-state index is 0.267. The number of nitrogens with one attached hydrogen (secondary N) is 1. The Hall–Kier alpha value is -1.64. The van der Waals surface area contributed by atoms with Gasteiger partial charge in [0.05, 0.1) is 0 Å². The Labute approximate surface area is 127 Å². The smallest absolute Gasteiger partial charge is 0.0434 e. The Morgan fingerprint density at radius 3 is 2.14 bits per heavy atom. The van der Waals surface area contributed by atoms with E-state index in [1.54, 1.807) is 0 Å². The van der Waals surface area contributed by atoms with E-state index in [2.05, 4.69) is 67.7 Å². The molecule has 0 spiro atoms. The van der Waals surface area contributed by atoms with Crippen LogP contribution in [-0.2, 0) is 0 Å². The maximum Gasteiger partial charge on any atom is 0.0434 e. The highest BCUT2D eigenvalue weighted by Gasteiger charge is 2.07. The topological polar surface area (TPSA) is 32.3 Å². The lowest BCUT2D eigenvalue weighted by molar-refractivity contribution is 0.258. The molecule has 0 heterocycles. The van der Waals surface area contributed by atoms with Gasteiger partial charge in [-0.15, -0.1) is 0 Å². The van der Waals surface area contributed by atoms with Gasteiger partial charge in [0.2, 0.25) is 0 Å². The van der Waals surface area contributed by atoms with E-state index in [0.717, 1.165) is 13.0 Å². The van der Waals surface area contributed by atoms with Crippen molar-refractivity contribution in [2.75, 3.05) is 13.2 Å². The van der Waals surface area contributed by atoms with Gasteiger partial charge in [0, 0.05) is 12.6 Å². The van der Waals surface area contributed by atoms with Gasteiger partial charge in [-0.2, -0.15) is 0 Å². The second-order valence-corrected chi connectivity index (χ2v) is 5.74. The van der Waals surface area contributed by atoms with E-state index in [1.165, 1.54) is 16.7 Å². The summed E-state index contributed by atoms with van der Waals surface area (Å²) in [5, 5.41) is 12.5. The minimum atomic E-state index is 0.267. The van der Waals surface area contributed by atoms with Gasteiger partial charge in [0.15, 0.2) is 0 Å². The van der Waals surface area contributed by atoms with Gasteiger partial charge >= 0.3 is 0 Å². The molecule has 0 saturated heterocycles. The third kappa shape index (κ3) is 4.69. The number of aliphatic hydroxyl groups is 1. The van der Waals surface area contributed by atoms with Crippen molar-refractivity contribution in [3.8, 4) is 11.1 Å². The number of rotatable bonds is 7. The van der Waals surface area contributed by atoms with E-state index in [-0.39, 0.29) is 6.61 Å². The fourth-order valence-electron chi connectivity index (χ4n) is 2.41. The maximum absolute atomic E-state index is 8.93. The standard InChI is InChI=1S/C19H25NO/c1-15(12-13-21)14-20-16(2)17-8-10-19(11-9-17)18-6-4-3-5-7-18/h3-11,15-16,20-21H,12-14H2,1-2H3. The van der Waals surface area contributed by atoms with Gasteiger partial charge in [0.25, 0.3) is 0 Å². The molecular formula is C19H25NO. The van der Waals surface area contributed by atoms with Crippen molar-refractivity contribution >= 4 is 0 Å². The zero-order chi connectivity index (χ0) is 15.1. The van der Waals surface area contributed by atoms with Crippen LogP contribution in [0.25, 0.3) is 11.1 Å². The van der Waals surface area contributed by atoms with Crippen LogP contribution in [0.15, 0.2) is 54.6 Å². The quantitative estimate of drug-likeness (QED) is 0.804. The van der Waals surface area contributed by atoms with Crippen molar-refractivity contribution in [2.45, 2.75) is 26.3 Å². The van der Waals surface area contributed by atoms with Crippen LogP contribution in [0.2, 0.25) is 0 Å². The van der Waals surface area contributed by atoms with Gasteiger partial charge in [-0.25, -0.2) is 0 Å². The third-order valence-electron chi connectivity index (χ3n) is 3.91. The number of hydrogen-bond acceptors (Lipinski definition) is 2. The van der Waals surface area contributed by atoms with Gasteiger partial charge in [-0.05, 0) is 42.5 Å². The molecule has 0 aliphatic rings. The van der Waals surface area contributed by atoms with Crippen LogP contribution in [0.4, 0.5) is 0 Å². The van der Waals surface area contributed by atoms with Crippen LogP contribution in [0, 0.1) is 5.92 Å². The molecule has 2 atom stereocenters. The molecular weight excluding hydrogens is 258 g/mol. The molecule has 0 fully saturated rings. The summed E-state index contributed by atoms with van der Waals surface area (Å²) in [4.78, 5) is 0. The van der Waals surface area contributed by atoms with Crippen molar-refractivity contribution in [3.05, 3.63) is 60.2 Å². The van der Waals surface area contributed by atoms with Crippen molar-refractivity contribution in [2.24, 2.45) is 5.92 Å². The Morgan fingerprint density at radius 2 is 1.52 bits per heavy atom. The van der Waals surface area contributed by atoms with Crippen LogP contribution < -0.4 is 5.32 Å². The van der Waals surface area contributed by atoms with Crippen molar-refractivity contribution < 1.29 is 5.11 Å². The summed E-state index contributed by atoms with van der Waals surface area (Å²) in [5.74, 6) is 0.501. The van der Waals surface area contributed by atoms with E-state index < -0.39 is 0 Å². The Bertz CT molecular complexity index is 521. The molecule has 2 nitrogen and oxygen atoms in total. The second-order valence-electron chi connectivity index (χ2n) is 5.74. The molecule has 2 heteroatoms. The molecule has 0 radical (unpaired) electrons. The van der Waals surface area contributed by atoms with E-state index >= 15 is 0 Å². The summed E-state index contributed by atoms with van der Waals surface area (Å²) in [6, 6.07) is 19.5. The third-order valence-corrected chi connectivity index (χ3v) is 3.91. The lowest BCUT2D eigenvalue weighted by atomic mass is 10.0. The highest BCUT2D eigenvalue weighted by atomic mass is 16.3. The van der Waals surface area contributed by atoms with Gasteiger partial charge in [-0.1, -0.05) is 61.5 Å². The molecule has 2 aromatic carbocycles. The second kappa shape index (κ2) is 7.96. The summed E-state index contributed by atoms with van der Waals surface area (Å²) in [7, 11) is 0. The Morgan fingerprint density at radius 1 is 0.905 bits per heavy atom. The molecule has 0 aliphatic carbocycles. The first-order chi connectivity index (χ1) is 10.2. The molecule has 2 N–H and O–H groups in total. The molecule has 112 valence electrons. The molecule has 0 saturated carbocycles. The van der Waals surface area contributed by atoms with Gasteiger partial charge < -0.3 is 10.4 Å². The monoisotopic (exact) mass is 283 g/mol. The molecule has 0 bridgehead atoms. The Kier molecular flexibility index (Phi) is 5.97. The van der Waals surface area contributed by atoms with Crippen LogP contribution in [0.3, 0.4) is 0 Å². The molecule has 2 unspecified atom stereocenters. The number of hydrogen-bond donors (Lipinski definition) is 2. The lowest BCUT2D eigenvalue weighted by Crippen LogP contribution is -2.24. The predicted octanol–water partition coefficient (Wildman–Crippen LogP) is 4.02. The van der Waals surface area contributed by atoms with Crippen molar-refractivity contribution in [1.82, 2.24) is 5.32 Å². The van der Waals surface area contributed by atoms with E-state index in [0.29, 0.717) is 12.0 Å². The highest BCUT2D eigenvalue weighted by molar-refractivity contribution is 5.63. The SMILES string of the molecule is CC(CCO)CNC(C)c1ccc(-c2ccccc2)cc1. The summed E-state index contributed by atoms with van der Waals surface area (Å²) in [6.45, 7) is 5.54. The first-order valence-electron chi connectivity index (χ1n) is 7.70. The maximum atomic E-state index is 8.93. The average molecular weight is 283 g/mol. The average Bonchev–Trinajstić information content (AvgIpc) is 2.54. The van der Waals surface area contributed by atoms with Gasteiger partial charge in [-0.3, -0.25) is 0 Å². The van der Waals surface area contributed by atoms with Crippen LogP contribution in [0.1, 0.15) is 31.9 Å². The number of aliphatic hydroxyl groups excluding tert-OH is 1. The zero-order valence-electron chi connectivity index (χ0n) is 12.9. The normalized spacial score (nSPS) is 13.9. The lowest BCUT2D eigenvalue weighted by Gasteiger charge is -2.18. The van der Waals surface area contributed by atoms with Crippen molar-refractivity contribution in [3.63, 3.8) is 0 Å². The fourth-order valence-corrected chi connectivity index (χ4v) is 2.41. The van der Waals surface area contributed by atoms with Crippen molar-refractivity contribution in [1.29, 1.82) is 0 Å². The summed E-state index contributed by atoms with van der Waals surface area (Å²) >= 11 is 0. The van der Waals surface area contributed by atoms with E-state index in [4.69, 9.17) is 5.11 Å². The Balaban J connectivity index is 1.95. The van der Waals surface area contributed by atoms with Crippen LogP contribution >= 0.6 is 0 Å². The first kappa shape index (κ1) is 15.7. The molecule has 0 aliphatic heterocycles. The fraction of sp³-hybridized carbons (Fsp3) is 0.368. The van der Waals surface area contributed by atoms with Crippen LogP contribution in [0.5, 0.6) is 0 Å².